The van der Waals surface area contributed by atoms with Crippen molar-refractivity contribution < 1.29 is 4.79 Å². The van der Waals surface area contributed by atoms with Crippen LogP contribution in [0.25, 0.3) is 21.9 Å². The number of nitrogens with zero attached hydrogens (tertiary/aromatic N) is 5. The van der Waals surface area contributed by atoms with E-state index in [2.05, 4.69) is 44.0 Å². The molecule has 8 nitrogen and oxygen atoms in total. The smallest absolute Gasteiger partial charge is 0.255 e. The molecular weight excluding hydrogens is 533 g/mol. The average molecular weight is 569 g/mol. The molecule has 1 aliphatic heterocycles. The number of piperidine rings is 1. The van der Waals surface area contributed by atoms with Gasteiger partial charge in [0.1, 0.15) is 18.0 Å². The quantitative estimate of drug-likeness (QED) is 0.233. The summed E-state index contributed by atoms with van der Waals surface area (Å²) in [6.07, 6.45) is 5.67. The molecule has 1 fully saturated rings. The van der Waals surface area contributed by atoms with Crippen molar-refractivity contribution in [3.63, 3.8) is 0 Å². The number of benzene rings is 2. The molecule has 206 valence electrons. The van der Waals surface area contributed by atoms with Crippen LogP contribution in [-0.2, 0) is 0 Å². The van der Waals surface area contributed by atoms with Crippen LogP contribution in [-0.4, -0.2) is 67.9 Å². The average Bonchev–Trinajstić information content (AvgIpc) is 3.37. The van der Waals surface area contributed by atoms with Crippen molar-refractivity contribution in [3.8, 4) is 0 Å². The number of halogens is 2. The number of anilines is 1. The summed E-state index contributed by atoms with van der Waals surface area (Å²) in [4.78, 5) is 35.1. The van der Waals surface area contributed by atoms with Crippen LogP contribution in [0.1, 0.15) is 68.7 Å². The maximum absolute atomic E-state index is 13.8. The molecular formula is C29H35Cl2N7O. The number of carbonyl (C=O) groups excluding carboxylic acids is 1. The normalized spacial score (nSPS) is 16.8. The van der Waals surface area contributed by atoms with Gasteiger partial charge in [0, 0.05) is 29.5 Å². The molecule has 1 aliphatic rings. The van der Waals surface area contributed by atoms with Crippen LogP contribution >= 0.6 is 23.2 Å². The Morgan fingerprint density at radius 3 is 2.77 bits per heavy atom. The van der Waals surface area contributed by atoms with Gasteiger partial charge in [-0.25, -0.2) is 15.0 Å². The number of rotatable bonds is 9. The van der Waals surface area contributed by atoms with Gasteiger partial charge in [0.05, 0.1) is 33.2 Å². The lowest BCUT2D eigenvalue weighted by Gasteiger charge is -2.37. The van der Waals surface area contributed by atoms with Gasteiger partial charge in [-0.05, 0) is 76.0 Å². The predicted molar refractivity (Wildman–Crippen MR) is 159 cm³/mol. The fourth-order valence-electron chi connectivity index (χ4n) is 5.43. The molecule has 1 amide bonds. The van der Waals surface area contributed by atoms with Crippen LogP contribution in [0.3, 0.4) is 0 Å². The predicted octanol–water partition coefficient (Wildman–Crippen LogP) is 6.71. The van der Waals surface area contributed by atoms with Gasteiger partial charge in [0.25, 0.3) is 5.91 Å². The zero-order valence-electron chi connectivity index (χ0n) is 22.7. The Hall–Kier alpha value is -2.94. The van der Waals surface area contributed by atoms with Gasteiger partial charge in [0.2, 0.25) is 0 Å². The lowest BCUT2D eigenvalue weighted by molar-refractivity contribution is 0.0586. The summed E-state index contributed by atoms with van der Waals surface area (Å²) >= 11 is 12.9. The Balaban J connectivity index is 1.38. The first-order chi connectivity index (χ1) is 18.9. The van der Waals surface area contributed by atoms with Crippen LogP contribution in [0.2, 0.25) is 10.0 Å². The number of hydrogen-bond donors (Lipinski definition) is 2. The Kier molecular flexibility index (Phi) is 8.54. The number of H-pyrrole nitrogens is 1. The van der Waals surface area contributed by atoms with Gasteiger partial charge in [-0.15, -0.1) is 0 Å². The second kappa shape index (κ2) is 12.1. The second-order valence-corrected chi connectivity index (χ2v) is 11.0. The van der Waals surface area contributed by atoms with Gasteiger partial charge in [-0.3, -0.25) is 4.79 Å². The van der Waals surface area contributed by atoms with E-state index in [-0.39, 0.29) is 18.0 Å². The Morgan fingerprint density at radius 1 is 1.15 bits per heavy atom. The minimum atomic E-state index is -0.172. The molecule has 0 bridgehead atoms. The maximum Gasteiger partial charge on any atom is 0.255 e. The summed E-state index contributed by atoms with van der Waals surface area (Å²) in [5.41, 5.74) is 2.87. The van der Waals surface area contributed by atoms with Crippen LogP contribution in [0.5, 0.6) is 0 Å². The van der Waals surface area contributed by atoms with Gasteiger partial charge in [0.15, 0.2) is 0 Å². The highest BCUT2D eigenvalue weighted by Crippen LogP contribution is 2.31. The standard InChI is InChI=1S/C29H35Cl2N7O/c1-4-37(5-2)13-11-20-8-6-7-12-38(20)29(39)21-16-25-22(15-23(21)31)28(33-17-32-25)34-18(3)27-35-24-10-9-19(30)14-26(24)36-27/h9-10,14-18,20H,4-8,11-13H2,1-3H3,(H,35,36)(H,32,33,34). The summed E-state index contributed by atoms with van der Waals surface area (Å²) in [6.45, 7) is 10.2. The zero-order chi connectivity index (χ0) is 27.5. The van der Waals surface area contributed by atoms with E-state index < -0.39 is 0 Å². The van der Waals surface area contributed by atoms with E-state index in [9.17, 15) is 4.79 Å². The highest BCUT2D eigenvalue weighted by atomic mass is 35.5. The van der Waals surface area contributed by atoms with Crippen molar-refractivity contribution in [1.29, 1.82) is 0 Å². The Bertz CT molecular complexity index is 1470. The first-order valence-corrected chi connectivity index (χ1v) is 14.5. The van der Waals surface area contributed by atoms with Crippen LogP contribution < -0.4 is 5.32 Å². The van der Waals surface area contributed by atoms with E-state index in [1.807, 2.05) is 30.0 Å². The minimum Gasteiger partial charge on any atom is -0.360 e. The summed E-state index contributed by atoms with van der Waals surface area (Å²) in [5.74, 6) is 1.37. The molecule has 3 heterocycles. The molecule has 2 atom stereocenters. The van der Waals surface area contributed by atoms with E-state index >= 15 is 0 Å². The molecule has 2 unspecified atom stereocenters. The third kappa shape index (κ3) is 5.98. The number of amides is 1. The first kappa shape index (κ1) is 27.6. The molecule has 10 heteroatoms. The molecule has 4 aromatic rings. The zero-order valence-corrected chi connectivity index (χ0v) is 24.2. The van der Waals surface area contributed by atoms with Crippen LogP contribution in [0.15, 0.2) is 36.7 Å². The third-order valence-corrected chi connectivity index (χ3v) is 8.29. The van der Waals surface area contributed by atoms with Crippen molar-refractivity contribution >= 4 is 56.9 Å². The summed E-state index contributed by atoms with van der Waals surface area (Å²) in [7, 11) is 0. The number of hydrogen-bond acceptors (Lipinski definition) is 6. The second-order valence-electron chi connectivity index (χ2n) is 10.2. The van der Waals surface area contributed by atoms with E-state index in [1.165, 1.54) is 6.33 Å². The molecule has 0 spiro atoms. The lowest BCUT2D eigenvalue weighted by atomic mass is 9.97. The number of aromatic nitrogens is 4. The Labute approximate surface area is 239 Å². The van der Waals surface area contributed by atoms with Gasteiger partial charge in [-0.2, -0.15) is 0 Å². The fourth-order valence-corrected chi connectivity index (χ4v) is 5.85. The highest BCUT2D eigenvalue weighted by Gasteiger charge is 2.29. The molecule has 2 N–H and O–H groups in total. The number of likely N-dealkylation sites (tertiary alicyclic amines) is 1. The van der Waals surface area contributed by atoms with Crippen molar-refractivity contribution in [3.05, 3.63) is 58.1 Å². The lowest BCUT2D eigenvalue weighted by Crippen LogP contribution is -2.45. The topological polar surface area (TPSA) is 90.0 Å². The van der Waals surface area contributed by atoms with Crippen molar-refractivity contribution in [2.75, 3.05) is 31.5 Å². The fraction of sp³-hybridized carbons (Fsp3) is 0.448. The van der Waals surface area contributed by atoms with Crippen molar-refractivity contribution in [2.24, 2.45) is 0 Å². The molecule has 0 aliphatic carbocycles. The minimum absolute atomic E-state index is 0.0198. The summed E-state index contributed by atoms with van der Waals surface area (Å²) < 4.78 is 0. The molecule has 1 saturated heterocycles. The monoisotopic (exact) mass is 567 g/mol. The van der Waals surface area contributed by atoms with E-state index in [1.54, 1.807) is 12.1 Å². The SMILES string of the molecule is CCN(CC)CCC1CCCCN1C(=O)c1cc2ncnc(NC(C)c3nc4ccc(Cl)cc4[nH]3)c2cc1Cl. The molecule has 0 radical (unpaired) electrons. The molecule has 0 saturated carbocycles. The Morgan fingerprint density at radius 2 is 1.97 bits per heavy atom. The van der Waals surface area contributed by atoms with E-state index in [0.29, 0.717) is 26.9 Å². The highest BCUT2D eigenvalue weighted by molar-refractivity contribution is 6.35. The number of nitrogens with one attached hydrogen (secondary N) is 2. The molecule has 2 aromatic heterocycles. The molecule has 2 aromatic carbocycles. The summed E-state index contributed by atoms with van der Waals surface area (Å²) in [6, 6.07) is 9.22. The first-order valence-electron chi connectivity index (χ1n) is 13.8. The summed E-state index contributed by atoms with van der Waals surface area (Å²) in [5, 5.41) is 5.24. The van der Waals surface area contributed by atoms with Crippen LogP contribution in [0.4, 0.5) is 5.82 Å². The number of carbonyl (C=O) groups is 1. The van der Waals surface area contributed by atoms with Crippen molar-refractivity contribution in [2.45, 2.75) is 58.5 Å². The van der Waals surface area contributed by atoms with Crippen LogP contribution in [0, 0.1) is 0 Å². The van der Waals surface area contributed by atoms with Gasteiger partial charge < -0.3 is 20.1 Å². The maximum atomic E-state index is 13.8. The molecule has 39 heavy (non-hydrogen) atoms. The van der Waals surface area contributed by atoms with Gasteiger partial charge >= 0.3 is 0 Å². The number of imidazole rings is 1. The number of aromatic amines is 1. The molecule has 5 rings (SSSR count). The third-order valence-electron chi connectivity index (χ3n) is 7.74. The van der Waals surface area contributed by atoms with E-state index in [0.717, 1.165) is 74.1 Å². The number of fused-ring (bicyclic) bond motifs is 2. The van der Waals surface area contributed by atoms with E-state index in [4.69, 9.17) is 23.2 Å². The largest absolute Gasteiger partial charge is 0.360 e. The van der Waals surface area contributed by atoms with Gasteiger partial charge in [-0.1, -0.05) is 37.0 Å². The van der Waals surface area contributed by atoms with Crippen molar-refractivity contribution in [1.82, 2.24) is 29.7 Å².